The van der Waals surface area contributed by atoms with E-state index in [2.05, 4.69) is 5.32 Å². The molecule has 0 saturated heterocycles. The lowest BCUT2D eigenvalue weighted by atomic mass is 9.93. The van der Waals surface area contributed by atoms with E-state index < -0.39 is 0 Å². The van der Waals surface area contributed by atoms with Crippen LogP contribution in [0.5, 0.6) is 5.75 Å². The van der Waals surface area contributed by atoms with Gasteiger partial charge in [-0.05, 0) is 35.4 Å². The van der Waals surface area contributed by atoms with Crippen molar-refractivity contribution in [2.75, 3.05) is 7.11 Å². The summed E-state index contributed by atoms with van der Waals surface area (Å²) >= 11 is 0. The minimum absolute atomic E-state index is 0.351. The lowest BCUT2D eigenvalue weighted by Gasteiger charge is -2.09. The molecule has 0 atom stereocenters. The molecular formula is C22H16N2O3. The first-order valence-electron chi connectivity index (χ1n) is 8.64. The molecular weight excluding hydrogens is 340 g/mol. The van der Waals surface area contributed by atoms with E-state index in [1.54, 1.807) is 7.11 Å². The van der Waals surface area contributed by atoms with Crippen LogP contribution in [0.25, 0.3) is 32.9 Å². The van der Waals surface area contributed by atoms with Crippen molar-refractivity contribution in [3.63, 3.8) is 0 Å². The van der Waals surface area contributed by atoms with Gasteiger partial charge in [0.05, 0.1) is 23.8 Å². The fourth-order valence-electron chi connectivity index (χ4n) is 4.01. The predicted molar refractivity (Wildman–Crippen MR) is 104 cm³/mol. The molecule has 132 valence electrons. The second kappa shape index (κ2) is 5.45. The number of rotatable bonds is 2. The van der Waals surface area contributed by atoms with Crippen LogP contribution < -0.4 is 10.1 Å². The number of carbonyl (C=O) groups is 2. The van der Waals surface area contributed by atoms with Crippen LogP contribution in [-0.2, 0) is 7.05 Å². The summed E-state index contributed by atoms with van der Waals surface area (Å²) in [5.41, 5.74) is 4.43. The largest absolute Gasteiger partial charge is 0.497 e. The first-order chi connectivity index (χ1) is 13.1. The fourth-order valence-corrected chi connectivity index (χ4v) is 4.01. The number of benzene rings is 3. The maximum Gasteiger partial charge on any atom is 0.259 e. The molecule has 0 spiro atoms. The van der Waals surface area contributed by atoms with Gasteiger partial charge >= 0.3 is 0 Å². The first-order valence-corrected chi connectivity index (χ1v) is 8.64. The Bertz CT molecular complexity index is 1270. The number of ether oxygens (including phenoxy) is 1. The van der Waals surface area contributed by atoms with Gasteiger partial charge < -0.3 is 9.30 Å². The maximum atomic E-state index is 12.7. The average molecular weight is 356 g/mol. The summed E-state index contributed by atoms with van der Waals surface area (Å²) < 4.78 is 7.41. The van der Waals surface area contributed by atoms with E-state index in [9.17, 15) is 9.59 Å². The third-order valence-corrected chi connectivity index (χ3v) is 5.27. The van der Waals surface area contributed by atoms with E-state index in [1.165, 1.54) is 0 Å². The van der Waals surface area contributed by atoms with Crippen LogP contribution in [0.2, 0.25) is 0 Å². The molecule has 4 aromatic rings. The quantitative estimate of drug-likeness (QED) is 0.554. The standard InChI is InChI=1S/C22H16N2O3/c1-24-16-9-8-13(27-2)10-15(16)18-17(24)11-14(12-6-4-3-5-7-12)19-20(18)22(26)23-21(19)25/h3-11H,1-2H3,(H,23,25,26). The number of methoxy groups -OCH3 is 1. The minimum atomic E-state index is -0.354. The minimum Gasteiger partial charge on any atom is -0.497 e. The summed E-state index contributed by atoms with van der Waals surface area (Å²) in [5, 5.41) is 4.15. The highest BCUT2D eigenvalue weighted by molar-refractivity contribution is 6.32. The number of hydrogen-bond donors (Lipinski definition) is 1. The summed E-state index contributed by atoms with van der Waals surface area (Å²) in [6, 6.07) is 17.4. The Morgan fingerprint density at radius 2 is 1.63 bits per heavy atom. The number of nitrogens with zero attached hydrogens (tertiary/aromatic N) is 1. The van der Waals surface area contributed by atoms with Crippen LogP contribution in [0.4, 0.5) is 0 Å². The van der Waals surface area contributed by atoms with Crippen LogP contribution in [0.15, 0.2) is 54.6 Å². The van der Waals surface area contributed by atoms with Crippen molar-refractivity contribution in [3.8, 4) is 16.9 Å². The first kappa shape index (κ1) is 15.6. The Balaban J connectivity index is 2.00. The van der Waals surface area contributed by atoms with E-state index in [1.807, 2.05) is 66.2 Å². The molecule has 2 heterocycles. The van der Waals surface area contributed by atoms with Gasteiger partial charge in [-0.15, -0.1) is 0 Å². The zero-order chi connectivity index (χ0) is 18.7. The van der Waals surface area contributed by atoms with Crippen molar-refractivity contribution < 1.29 is 14.3 Å². The molecule has 1 aliphatic rings. The number of carbonyl (C=O) groups excluding carboxylic acids is 2. The molecule has 0 radical (unpaired) electrons. The summed E-state index contributed by atoms with van der Waals surface area (Å²) in [5.74, 6) is 0.00405. The van der Waals surface area contributed by atoms with E-state index in [4.69, 9.17) is 4.74 Å². The second-order valence-electron chi connectivity index (χ2n) is 6.66. The Morgan fingerprint density at radius 1 is 0.889 bits per heavy atom. The monoisotopic (exact) mass is 356 g/mol. The van der Waals surface area contributed by atoms with Gasteiger partial charge in [0.15, 0.2) is 0 Å². The summed E-state index contributed by atoms with van der Waals surface area (Å²) in [7, 11) is 3.58. The van der Waals surface area contributed by atoms with E-state index in [0.717, 1.165) is 32.9 Å². The molecule has 0 bridgehead atoms. The molecule has 1 N–H and O–H groups in total. The van der Waals surface area contributed by atoms with Gasteiger partial charge in [0.2, 0.25) is 0 Å². The Morgan fingerprint density at radius 3 is 2.37 bits per heavy atom. The smallest absolute Gasteiger partial charge is 0.259 e. The van der Waals surface area contributed by atoms with E-state index in [-0.39, 0.29) is 11.8 Å². The zero-order valence-corrected chi connectivity index (χ0v) is 14.9. The third-order valence-electron chi connectivity index (χ3n) is 5.27. The number of aromatic nitrogens is 1. The summed E-state index contributed by atoms with van der Waals surface area (Å²) in [4.78, 5) is 25.3. The van der Waals surface area contributed by atoms with Crippen LogP contribution in [0.1, 0.15) is 20.7 Å². The van der Waals surface area contributed by atoms with Gasteiger partial charge in [0, 0.05) is 23.3 Å². The fraction of sp³-hybridized carbons (Fsp3) is 0.0909. The number of fused-ring (bicyclic) bond motifs is 5. The van der Waals surface area contributed by atoms with Crippen molar-refractivity contribution in [1.29, 1.82) is 0 Å². The molecule has 27 heavy (non-hydrogen) atoms. The van der Waals surface area contributed by atoms with Crippen molar-refractivity contribution in [1.82, 2.24) is 9.88 Å². The zero-order valence-electron chi connectivity index (χ0n) is 14.9. The molecule has 5 rings (SSSR count). The molecule has 0 fully saturated rings. The van der Waals surface area contributed by atoms with Gasteiger partial charge in [-0.3, -0.25) is 14.9 Å². The maximum absolute atomic E-state index is 12.7. The van der Waals surface area contributed by atoms with Gasteiger partial charge in [-0.25, -0.2) is 0 Å². The van der Waals surface area contributed by atoms with Crippen LogP contribution in [0, 0.1) is 0 Å². The molecule has 2 amide bonds. The van der Waals surface area contributed by atoms with Crippen molar-refractivity contribution in [3.05, 3.63) is 65.7 Å². The molecule has 0 aliphatic carbocycles. The van der Waals surface area contributed by atoms with E-state index >= 15 is 0 Å². The van der Waals surface area contributed by atoms with Gasteiger partial charge in [-0.1, -0.05) is 30.3 Å². The second-order valence-corrected chi connectivity index (χ2v) is 6.66. The Hall–Kier alpha value is -3.60. The number of hydrogen-bond acceptors (Lipinski definition) is 3. The Labute approximate surface area is 155 Å². The average Bonchev–Trinajstić information content (AvgIpc) is 3.15. The van der Waals surface area contributed by atoms with E-state index in [0.29, 0.717) is 16.9 Å². The highest BCUT2D eigenvalue weighted by Gasteiger charge is 2.34. The van der Waals surface area contributed by atoms with Crippen LogP contribution >= 0.6 is 0 Å². The number of nitrogens with one attached hydrogen (secondary N) is 1. The molecule has 3 aromatic carbocycles. The predicted octanol–water partition coefficient (Wildman–Crippen LogP) is 3.89. The summed E-state index contributed by atoms with van der Waals surface area (Å²) in [6.45, 7) is 0. The topological polar surface area (TPSA) is 60.3 Å². The Kier molecular flexibility index (Phi) is 3.15. The van der Waals surface area contributed by atoms with Crippen LogP contribution in [0.3, 0.4) is 0 Å². The lowest BCUT2D eigenvalue weighted by Crippen LogP contribution is -2.20. The SMILES string of the molecule is COc1ccc2c(c1)c1c3c(c(-c4ccccc4)cc1n2C)C(=O)NC3=O. The number of imide groups is 1. The van der Waals surface area contributed by atoms with Gasteiger partial charge in [0.25, 0.3) is 11.8 Å². The van der Waals surface area contributed by atoms with Crippen LogP contribution in [-0.4, -0.2) is 23.5 Å². The van der Waals surface area contributed by atoms with Crippen molar-refractivity contribution in [2.45, 2.75) is 0 Å². The highest BCUT2D eigenvalue weighted by atomic mass is 16.5. The number of aryl methyl sites for hydroxylation is 1. The normalized spacial score (nSPS) is 13.3. The molecule has 5 nitrogen and oxygen atoms in total. The highest BCUT2D eigenvalue weighted by Crippen LogP contribution is 2.40. The molecule has 5 heteroatoms. The molecule has 0 saturated carbocycles. The van der Waals surface area contributed by atoms with Gasteiger partial charge in [0.1, 0.15) is 5.75 Å². The summed E-state index contributed by atoms with van der Waals surface area (Å²) in [6.07, 6.45) is 0. The van der Waals surface area contributed by atoms with Gasteiger partial charge in [-0.2, -0.15) is 0 Å². The third kappa shape index (κ3) is 2.05. The molecule has 1 aromatic heterocycles. The molecule has 1 aliphatic heterocycles. The van der Waals surface area contributed by atoms with Crippen molar-refractivity contribution >= 4 is 33.6 Å². The lowest BCUT2D eigenvalue weighted by molar-refractivity contribution is 0.0880. The molecule has 0 unspecified atom stereocenters. The number of amides is 2. The van der Waals surface area contributed by atoms with Crippen molar-refractivity contribution in [2.24, 2.45) is 7.05 Å².